The number of benzene rings is 2. The Kier molecular flexibility index (Phi) is 4.78. The highest BCUT2D eigenvalue weighted by molar-refractivity contribution is 5.68. The second-order valence-electron chi connectivity index (χ2n) is 5.06. The van der Waals surface area contributed by atoms with Crippen molar-refractivity contribution < 1.29 is 0 Å². The van der Waals surface area contributed by atoms with Gasteiger partial charge in [0.1, 0.15) is 0 Å². The average Bonchev–Trinajstić information content (AvgIpc) is 2.48. The Labute approximate surface area is 121 Å². The van der Waals surface area contributed by atoms with Gasteiger partial charge in [-0.2, -0.15) is 0 Å². The van der Waals surface area contributed by atoms with Crippen LogP contribution in [0.2, 0.25) is 0 Å². The van der Waals surface area contributed by atoms with E-state index < -0.39 is 0 Å². The molecule has 0 amide bonds. The monoisotopic (exact) mass is 263 g/mol. The maximum Gasteiger partial charge on any atom is 0.0458 e. The molecule has 0 aliphatic rings. The molecule has 0 bridgehead atoms. The van der Waals surface area contributed by atoms with Crippen LogP contribution in [-0.2, 0) is 0 Å². The lowest BCUT2D eigenvalue weighted by Crippen LogP contribution is -2.13. The van der Waals surface area contributed by atoms with E-state index in [2.05, 4.69) is 86.4 Å². The van der Waals surface area contributed by atoms with Gasteiger partial charge in [-0.15, -0.1) is 0 Å². The van der Waals surface area contributed by atoms with Crippen LogP contribution in [0.4, 0.5) is 11.4 Å². The van der Waals surface area contributed by atoms with Crippen LogP contribution in [0, 0.1) is 0 Å². The van der Waals surface area contributed by atoms with E-state index in [1.54, 1.807) is 0 Å². The van der Waals surface area contributed by atoms with E-state index >= 15 is 0 Å². The van der Waals surface area contributed by atoms with E-state index in [9.17, 15) is 0 Å². The largest absolute Gasteiger partial charge is 0.315 e. The van der Waals surface area contributed by atoms with E-state index in [4.69, 9.17) is 0 Å². The van der Waals surface area contributed by atoms with Crippen LogP contribution in [0.25, 0.3) is 0 Å². The number of hydrogen-bond donors (Lipinski definition) is 0. The number of para-hydroxylation sites is 2. The maximum atomic E-state index is 2.26. The molecule has 0 N–H and O–H groups in total. The molecular weight excluding hydrogens is 242 g/mol. The Balaban J connectivity index is 2.46. The van der Waals surface area contributed by atoms with Crippen LogP contribution >= 0.6 is 0 Å². The van der Waals surface area contributed by atoms with Crippen LogP contribution in [-0.4, -0.2) is 0 Å². The topological polar surface area (TPSA) is 3.24 Å². The van der Waals surface area contributed by atoms with E-state index in [1.165, 1.54) is 22.6 Å². The van der Waals surface area contributed by atoms with Crippen molar-refractivity contribution in [2.24, 2.45) is 0 Å². The minimum absolute atomic E-state index is 1.18. The summed E-state index contributed by atoms with van der Waals surface area (Å²) in [6, 6.07) is 20.9. The molecule has 102 valence electrons. The lowest BCUT2D eigenvalue weighted by Gasteiger charge is -2.25. The van der Waals surface area contributed by atoms with Crippen LogP contribution in [0.3, 0.4) is 0 Å². The van der Waals surface area contributed by atoms with Gasteiger partial charge >= 0.3 is 0 Å². The van der Waals surface area contributed by atoms with Crippen molar-refractivity contribution >= 4 is 11.4 Å². The standard InChI is InChI=1S/C19H21N/c1-16(2)14-15-17(3)20(18-10-6-4-7-11-18)19-12-8-5-9-13-19/h4-15H,1-3H3/b17-15+. The van der Waals surface area contributed by atoms with Crippen molar-refractivity contribution in [1.29, 1.82) is 0 Å². The molecule has 1 nitrogen and oxygen atoms in total. The summed E-state index contributed by atoms with van der Waals surface area (Å²) in [5.74, 6) is 0. The highest BCUT2D eigenvalue weighted by Crippen LogP contribution is 2.29. The highest BCUT2D eigenvalue weighted by atomic mass is 15.1. The van der Waals surface area contributed by atoms with Gasteiger partial charge in [0, 0.05) is 17.1 Å². The smallest absolute Gasteiger partial charge is 0.0458 e. The normalized spacial score (nSPS) is 11.1. The van der Waals surface area contributed by atoms with Gasteiger partial charge in [-0.25, -0.2) is 0 Å². The predicted molar refractivity (Wildman–Crippen MR) is 88.2 cm³/mol. The van der Waals surface area contributed by atoms with Crippen molar-refractivity contribution in [2.45, 2.75) is 20.8 Å². The third-order valence-corrected chi connectivity index (χ3v) is 3.04. The first-order chi connectivity index (χ1) is 9.68. The Morgan fingerprint density at radius 2 is 1.15 bits per heavy atom. The van der Waals surface area contributed by atoms with Crippen molar-refractivity contribution in [1.82, 2.24) is 0 Å². The molecule has 0 radical (unpaired) electrons. The molecule has 0 heterocycles. The number of hydrogen-bond acceptors (Lipinski definition) is 1. The van der Waals surface area contributed by atoms with Gasteiger partial charge in [0.15, 0.2) is 0 Å². The van der Waals surface area contributed by atoms with E-state index in [-0.39, 0.29) is 0 Å². The van der Waals surface area contributed by atoms with Crippen LogP contribution in [0.1, 0.15) is 20.8 Å². The fraction of sp³-hybridized carbons (Fsp3) is 0.158. The van der Waals surface area contributed by atoms with Gasteiger partial charge in [-0.1, -0.05) is 48.0 Å². The first-order valence-corrected chi connectivity index (χ1v) is 6.90. The lowest BCUT2D eigenvalue weighted by molar-refractivity contribution is 1.15. The second kappa shape index (κ2) is 6.76. The predicted octanol–water partition coefficient (Wildman–Crippen LogP) is 5.69. The SMILES string of the molecule is CC(C)=C/C=C(\C)N(c1ccccc1)c1ccccc1. The molecule has 0 spiro atoms. The first kappa shape index (κ1) is 14.1. The van der Waals surface area contributed by atoms with Gasteiger partial charge in [-0.05, 0) is 51.1 Å². The molecule has 0 aliphatic carbocycles. The molecule has 0 saturated heterocycles. The minimum atomic E-state index is 1.18. The van der Waals surface area contributed by atoms with Crippen molar-refractivity contribution in [3.05, 3.63) is 84.1 Å². The summed E-state index contributed by atoms with van der Waals surface area (Å²) >= 11 is 0. The van der Waals surface area contributed by atoms with Gasteiger partial charge in [0.2, 0.25) is 0 Å². The molecule has 1 heteroatoms. The maximum absolute atomic E-state index is 2.26. The Bertz CT molecular complexity index is 551. The summed E-state index contributed by atoms with van der Waals surface area (Å²) in [5, 5.41) is 0. The summed E-state index contributed by atoms with van der Waals surface area (Å²) in [6.07, 6.45) is 4.31. The third kappa shape index (κ3) is 3.61. The van der Waals surface area contributed by atoms with Crippen LogP contribution < -0.4 is 4.90 Å². The zero-order valence-corrected chi connectivity index (χ0v) is 12.4. The molecular formula is C19H21N. The Morgan fingerprint density at radius 3 is 1.55 bits per heavy atom. The van der Waals surface area contributed by atoms with Gasteiger partial charge in [-0.3, -0.25) is 0 Å². The van der Waals surface area contributed by atoms with Crippen molar-refractivity contribution in [3.63, 3.8) is 0 Å². The molecule has 2 rings (SSSR count). The van der Waals surface area contributed by atoms with E-state index in [1.807, 2.05) is 12.1 Å². The molecule has 0 unspecified atom stereocenters. The second-order valence-corrected chi connectivity index (χ2v) is 5.06. The highest BCUT2D eigenvalue weighted by Gasteiger charge is 2.09. The fourth-order valence-electron chi connectivity index (χ4n) is 2.07. The Hall–Kier alpha value is -2.28. The van der Waals surface area contributed by atoms with Crippen molar-refractivity contribution in [3.8, 4) is 0 Å². The van der Waals surface area contributed by atoms with E-state index in [0.717, 1.165) is 0 Å². The molecule has 0 saturated carbocycles. The van der Waals surface area contributed by atoms with Gasteiger partial charge < -0.3 is 4.90 Å². The van der Waals surface area contributed by atoms with Gasteiger partial charge in [0.25, 0.3) is 0 Å². The molecule has 20 heavy (non-hydrogen) atoms. The number of rotatable bonds is 4. The molecule has 0 fully saturated rings. The number of allylic oxidation sites excluding steroid dienone is 4. The summed E-state index contributed by atoms with van der Waals surface area (Å²) in [4.78, 5) is 2.26. The average molecular weight is 263 g/mol. The summed E-state index contributed by atoms with van der Waals surface area (Å²) in [6.45, 7) is 6.36. The molecule has 2 aromatic carbocycles. The summed E-state index contributed by atoms with van der Waals surface area (Å²) in [7, 11) is 0. The summed E-state index contributed by atoms with van der Waals surface area (Å²) < 4.78 is 0. The van der Waals surface area contributed by atoms with Crippen LogP contribution in [0.15, 0.2) is 84.1 Å². The third-order valence-electron chi connectivity index (χ3n) is 3.04. The molecule has 0 atom stereocenters. The zero-order valence-electron chi connectivity index (χ0n) is 12.4. The molecule has 0 aliphatic heterocycles. The Morgan fingerprint density at radius 1 is 0.700 bits per heavy atom. The minimum Gasteiger partial charge on any atom is -0.315 e. The first-order valence-electron chi connectivity index (χ1n) is 6.90. The zero-order chi connectivity index (χ0) is 14.4. The van der Waals surface area contributed by atoms with Crippen molar-refractivity contribution in [2.75, 3.05) is 4.90 Å². The fourth-order valence-corrected chi connectivity index (χ4v) is 2.07. The summed E-state index contributed by atoms with van der Waals surface area (Å²) in [5.41, 5.74) is 4.85. The number of nitrogens with zero attached hydrogens (tertiary/aromatic N) is 1. The van der Waals surface area contributed by atoms with E-state index in [0.29, 0.717) is 0 Å². The molecule has 2 aromatic rings. The van der Waals surface area contributed by atoms with Crippen LogP contribution in [0.5, 0.6) is 0 Å². The quantitative estimate of drug-likeness (QED) is 0.640. The molecule has 0 aromatic heterocycles. The number of anilines is 2. The lowest BCUT2D eigenvalue weighted by atomic mass is 10.2. The van der Waals surface area contributed by atoms with Gasteiger partial charge in [0.05, 0.1) is 0 Å².